The molecule has 4 aromatic rings. The third kappa shape index (κ3) is 3.71. The van der Waals surface area contributed by atoms with Gasteiger partial charge in [0.25, 0.3) is 5.56 Å². The summed E-state index contributed by atoms with van der Waals surface area (Å²) >= 11 is 8.02. The number of ether oxygens (including phenoxy) is 1. The van der Waals surface area contributed by atoms with Crippen molar-refractivity contribution in [2.45, 2.75) is 36.4 Å². The first-order chi connectivity index (χ1) is 14.7. The number of hydrogen-bond acceptors (Lipinski definition) is 5. The van der Waals surface area contributed by atoms with Crippen molar-refractivity contribution in [3.8, 4) is 0 Å². The maximum atomic E-state index is 13.2. The van der Waals surface area contributed by atoms with E-state index in [-0.39, 0.29) is 11.7 Å². The van der Waals surface area contributed by atoms with Crippen molar-refractivity contribution >= 4 is 45.2 Å². The summed E-state index contributed by atoms with van der Waals surface area (Å²) in [6.07, 6.45) is 3.81. The summed E-state index contributed by atoms with van der Waals surface area (Å²) in [4.78, 5) is 22.6. The lowest BCUT2D eigenvalue weighted by Crippen LogP contribution is -2.28. The van der Waals surface area contributed by atoms with Crippen molar-refractivity contribution in [2.75, 3.05) is 6.61 Å². The van der Waals surface area contributed by atoms with Crippen LogP contribution in [0.1, 0.15) is 18.4 Å². The van der Waals surface area contributed by atoms with Gasteiger partial charge in [-0.2, -0.15) is 0 Å². The Morgan fingerprint density at radius 3 is 2.93 bits per heavy atom. The normalized spacial score (nSPS) is 16.5. The van der Waals surface area contributed by atoms with Crippen LogP contribution in [-0.4, -0.2) is 27.2 Å². The highest BCUT2D eigenvalue weighted by Crippen LogP contribution is 2.31. The second kappa shape index (κ2) is 8.38. The Balaban J connectivity index is 1.55. The molecule has 30 heavy (non-hydrogen) atoms. The van der Waals surface area contributed by atoms with Crippen molar-refractivity contribution in [3.63, 3.8) is 0 Å². The van der Waals surface area contributed by atoms with Crippen LogP contribution >= 0.6 is 23.4 Å². The SMILES string of the molecule is O=c1c2ccccc2nc(SCc2c(Cl)ccc3cccnc23)n1CC1CCCO1. The fraction of sp³-hybridized carbons (Fsp3) is 0.261. The zero-order chi connectivity index (χ0) is 20.5. The summed E-state index contributed by atoms with van der Waals surface area (Å²) in [5.41, 5.74) is 2.51. The van der Waals surface area contributed by atoms with Crippen LogP contribution in [0.4, 0.5) is 0 Å². The molecule has 0 saturated carbocycles. The van der Waals surface area contributed by atoms with E-state index in [9.17, 15) is 4.79 Å². The van der Waals surface area contributed by atoms with Crippen LogP contribution in [0.3, 0.4) is 0 Å². The summed E-state index contributed by atoms with van der Waals surface area (Å²) in [5, 5.41) is 3.02. The summed E-state index contributed by atoms with van der Waals surface area (Å²) in [7, 11) is 0. The molecule has 0 amide bonds. The minimum Gasteiger partial charge on any atom is -0.376 e. The molecule has 1 atom stereocenters. The first-order valence-corrected chi connectivity index (χ1v) is 11.3. The maximum absolute atomic E-state index is 13.2. The summed E-state index contributed by atoms with van der Waals surface area (Å²) in [5.74, 6) is 0.573. The van der Waals surface area contributed by atoms with Gasteiger partial charge in [0.2, 0.25) is 0 Å². The number of thioether (sulfide) groups is 1. The van der Waals surface area contributed by atoms with Crippen LogP contribution in [0.15, 0.2) is 64.7 Å². The van der Waals surface area contributed by atoms with E-state index in [0.29, 0.717) is 33.4 Å². The molecule has 2 aromatic carbocycles. The average molecular weight is 438 g/mol. The molecule has 1 aliphatic rings. The number of nitrogens with zero attached hydrogens (tertiary/aromatic N) is 3. The van der Waals surface area contributed by atoms with E-state index in [0.717, 1.165) is 35.9 Å². The van der Waals surface area contributed by atoms with Crippen LogP contribution in [-0.2, 0) is 17.0 Å². The molecule has 5 rings (SSSR count). The topological polar surface area (TPSA) is 57.0 Å². The predicted octanol–water partition coefficient (Wildman–Crippen LogP) is 5.07. The number of halogens is 1. The van der Waals surface area contributed by atoms with Gasteiger partial charge < -0.3 is 4.74 Å². The van der Waals surface area contributed by atoms with Crippen LogP contribution in [0, 0.1) is 0 Å². The minimum atomic E-state index is -0.0271. The van der Waals surface area contributed by atoms with Gasteiger partial charge in [-0.05, 0) is 37.1 Å². The number of rotatable bonds is 5. The van der Waals surface area contributed by atoms with Gasteiger partial charge in [0.1, 0.15) is 0 Å². The molecule has 3 heterocycles. The third-order valence-electron chi connectivity index (χ3n) is 5.40. The Bertz CT molecular complexity index is 1280. The molecule has 1 saturated heterocycles. The van der Waals surface area contributed by atoms with Gasteiger partial charge in [-0.15, -0.1) is 0 Å². The lowest BCUT2D eigenvalue weighted by molar-refractivity contribution is 0.0937. The van der Waals surface area contributed by atoms with Crippen molar-refractivity contribution in [3.05, 3.63) is 75.7 Å². The molecule has 5 nitrogen and oxygen atoms in total. The number of fused-ring (bicyclic) bond motifs is 2. The molecule has 1 unspecified atom stereocenters. The smallest absolute Gasteiger partial charge is 0.262 e. The first-order valence-electron chi connectivity index (χ1n) is 9.97. The Labute approximate surface area is 183 Å². The second-order valence-corrected chi connectivity index (χ2v) is 8.70. The highest BCUT2D eigenvalue weighted by Gasteiger charge is 2.20. The fourth-order valence-electron chi connectivity index (χ4n) is 3.87. The fourth-order valence-corrected chi connectivity index (χ4v) is 5.21. The lowest BCUT2D eigenvalue weighted by atomic mass is 10.1. The number of aromatic nitrogens is 3. The minimum absolute atomic E-state index is 0.0271. The quantitative estimate of drug-likeness (QED) is 0.322. The van der Waals surface area contributed by atoms with Gasteiger partial charge in [-0.1, -0.05) is 47.6 Å². The summed E-state index contributed by atoms with van der Waals surface area (Å²) < 4.78 is 7.55. The molecule has 0 spiro atoms. The van der Waals surface area contributed by atoms with Crippen LogP contribution in [0.25, 0.3) is 21.8 Å². The monoisotopic (exact) mass is 437 g/mol. The summed E-state index contributed by atoms with van der Waals surface area (Å²) in [6.45, 7) is 1.26. The van der Waals surface area contributed by atoms with Crippen molar-refractivity contribution in [1.82, 2.24) is 14.5 Å². The van der Waals surface area contributed by atoms with Gasteiger partial charge in [0.05, 0.1) is 29.1 Å². The molecule has 0 aliphatic carbocycles. The van der Waals surface area contributed by atoms with E-state index in [1.165, 1.54) is 11.8 Å². The zero-order valence-electron chi connectivity index (χ0n) is 16.3. The molecule has 0 radical (unpaired) electrons. The van der Waals surface area contributed by atoms with E-state index in [4.69, 9.17) is 21.3 Å². The van der Waals surface area contributed by atoms with E-state index < -0.39 is 0 Å². The Kier molecular flexibility index (Phi) is 5.46. The number of hydrogen-bond donors (Lipinski definition) is 0. The molecular weight excluding hydrogens is 418 g/mol. The lowest BCUT2D eigenvalue weighted by Gasteiger charge is -2.17. The zero-order valence-corrected chi connectivity index (χ0v) is 17.8. The Hall–Kier alpha value is -2.41. The maximum Gasteiger partial charge on any atom is 0.262 e. The molecule has 152 valence electrons. The van der Waals surface area contributed by atoms with Gasteiger partial charge in [-0.3, -0.25) is 14.3 Å². The highest BCUT2D eigenvalue weighted by molar-refractivity contribution is 7.98. The van der Waals surface area contributed by atoms with Gasteiger partial charge in [0.15, 0.2) is 5.16 Å². The van der Waals surface area contributed by atoms with Crippen molar-refractivity contribution < 1.29 is 4.74 Å². The number of para-hydroxylation sites is 1. The molecule has 2 aromatic heterocycles. The van der Waals surface area contributed by atoms with Crippen LogP contribution in [0.2, 0.25) is 5.02 Å². The Morgan fingerprint density at radius 1 is 1.17 bits per heavy atom. The third-order valence-corrected chi connectivity index (χ3v) is 6.76. The van der Waals surface area contributed by atoms with Crippen LogP contribution < -0.4 is 5.56 Å². The van der Waals surface area contributed by atoms with E-state index in [1.54, 1.807) is 10.8 Å². The first kappa shape index (κ1) is 19.5. The van der Waals surface area contributed by atoms with E-state index in [1.807, 2.05) is 48.5 Å². The highest BCUT2D eigenvalue weighted by atomic mass is 35.5. The van der Waals surface area contributed by atoms with Gasteiger partial charge in [-0.25, -0.2) is 4.98 Å². The van der Waals surface area contributed by atoms with Gasteiger partial charge >= 0.3 is 0 Å². The van der Waals surface area contributed by atoms with Crippen molar-refractivity contribution in [1.29, 1.82) is 0 Å². The number of benzene rings is 2. The predicted molar refractivity (Wildman–Crippen MR) is 121 cm³/mol. The van der Waals surface area contributed by atoms with Gasteiger partial charge in [0, 0.05) is 34.5 Å². The molecule has 0 bridgehead atoms. The molecule has 1 fully saturated rings. The standard InChI is InChI=1S/C23H20ClN3O2S/c24-19-10-9-15-5-3-11-25-21(15)18(19)14-30-23-26-20-8-2-1-7-17(20)22(28)27(23)13-16-6-4-12-29-16/h1-3,5,7-11,16H,4,6,12-14H2. The van der Waals surface area contributed by atoms with Crippen LogP contribution in [0.5, 0.6) is 0 Å². The Morgan fingerprint density at radius 2 is 2.07 bits per heavy atom. The van der Waals surface area contributed by atoms with E-state index in [2.05, 4.69) is 4.98 Å². The second-order valence-electron chi connectivity index (χ2n) is 7.35. The summed E-state index contributed by atoms with van der Waals surface area (Å²) in [6, 6.07) is 15.3. The molecule has 1 aliphatic heterocycles. The van der Waals surface area contributed by atoms with E-state index >= 15 is 0 Å². The molecular formula is C23H20ClN3O2S. The number of pyridine rings is 1. The average Bonchev–Trinajstić information content (AvgIpc) is 3.29. The molecule has 7 heteroatoms. The largest absolute Gasteiger partial charge is 0.376 e. The molecule has 0 N–H and O–H groups in total. The van der Waals surface area contributed by atoms with Crippen molar-refractivity contribution in [2.24, 2.45) is 0 Å².